The SMILES string of the molecule is CC(c1ccc(CC(=O)Nc2cc(Cl)c(C3(c4nnc(-c5ccc(Cl)cc5)o4)CC3)c(Cl)c2)cc1)S(=O)[O-]. The quantitative estimate of drug-likeness (QED) is 0.224. The van der Waals surface area contributed by atoms with Crippen LogP contribution in [0.3, 0.4) is 0 Å². The number of carbonyl (C=O) groups is 1. The van der Waals surface area contributed by atoms with Crippen LogP contribution in [0, 0.1) is 0 Å². The van der Waals surface area contributed by atoms with Crippen molar-refractivity contribution in [3.05, 3.63) is 98.3 Å². The molecule has 4 aromatic rings. The van der Waals surface area contributed by atoms with Gasteiger partial charge >= 0.3 is 0 Å². The van der Waals surface area contributed by atoms with Gasteiger partial charge in [0.05, 0.1) is 11.8 Å². The topological polar surface area (TPSA) is 108 Å². The zero-order valence-corrected chi connectivity index (χ0v) is 23.1. The molecule has 3 aromatic carbocycles. The molecular formula is C27H21Cl3N3O4S-. The summed E-state index contributed by atoms with van der Waals surface area (Å²) in [4.78, 5) is 12.7. The lowest BCUT2D eigenvalue weighted by molar-refractivity contribution is -0.115. The third-order valence-electron chi connectivity index (χ3n) is 6.58. The number of aromatic nitrogens is 2. The molecule has 11 heteroatoms. The van der Waals surface area contributed by atoms with E-state index in [1.54, 1.807) is 67.6 Å². The van der Waals surface area contributed by atoms with Crippen LogP contribution in [0.15, 0.2) is 65.1 Å². The van der Waals surface area contributed by atoms with Crippen LogP contribution in [0.25, 0.3) is 11.5 Å². The van der Waals surface area contributed by atoms with Gasteiger partial charge in [-0.15, -0.1) is 10.2 Å². The molecule has 1 fully saturated rings. The molecule has 1 saturated carbocycles. The molecule has 1 aromatic heterocycles. The Hall–Kier alpha value is -2.75. The first-order chi connectivity index (χ1) is 18.2. The van der Waals surface area contributed by atoms with Gasteiger partial charge in [0, 0.05) is 37.1 Å². The number of rotatable bonds is 8. The van der Waals surface area contributed by atoms with Gasteiger partial charge in [-0.1, -0.05) is 59.1 Å². The van der Waals surface area contributed by atoms with Gasteiger partial charge in [-0.25, -0.2) is 0 Å². The zero-order chi connectivity index (χ0) is 27.0. The lowest BCUT2D eigenvalue weighted by Gasteiger charge is -2.17. The lowest BCUT2D eigenvalue weighted by atomic mass is 9.95. The van der Waals surface area contributed by atoms with E-state index in [1.165, 1.54) is 0 Å². The standard InChI is InChI=1S/C27H22Cl3N3O4S/c1-15(38(35)36)17-4-2-16(3-5-17)12-23(34)31-20-13-21(29)24(22(30)14-20)27(10-11-27)26-33-32-25(37-26)18-6-8-19(28)9-7-18/h2-9,13-15H,10-12H2,1H3,(H,31,34)(H,35,36)/p-1. The Labute approximate surface area is 236 Å². The molecule has 1 amide bonds. The maximum atomic E-state index is 12.7. The van der Waals surface area contributed by atoms with E-state index in [9.17, 15) is 13.6 Å². The van der Waals surface area contributed by atoms with Gasteiger partial charge in [-0.05, 0) is 78.4 Å². The highest BCUT2D eigenvalue weighted by Crippen LogP contribution is 2.57. The third kappa shape index (κ3) is 5.51. The second-order valence-corrected chi connectivity index (χ2v) is 11.7. The molecule has 0 bridgehead atoms. The fourth-order valence-corrected chi connectivity index (χ4v) is 5.69. The summed E-state index contributed by atoms with van der Waals surface area (Å²) >= 11 is 17.1. The molecule has 196 valence electrons. The Morgan fingerprint density at radius 3 is 2.26 bits per heavy atom. The van der Waals surface area contributed by atoms with Crippen molar-refractivity contribution in [1.29, 1.82) is 0 Å². The molecular weight excluding hydrogens is 569 g/mol. The summed E-state index contributed by atoms with van der Waals surface area (Å²) in [5, 5.41) is 12.1. The number of amides is 1. The predicted octanol–water partition coefficient (Wildman–Crippen LogP) is 6.90. The predicted molar refractivity (Wildman–Crippen MR) is 147 cm³/mol. The van der Waals surface area contributed by atoms with Crippen molar-refractivity contribution in [3.63, 3.8) is 0 Å². The van der Waals surface area contributed by atoms with Crippen LogP contribution >= 0.6 is 34.8 Å². The van der Waals surface area contributed by atoms with Gasteiger partial charge < -0.3 is 14.3 Å². The van der Waals surface area contributed by atoms with Crippen LogP contribution in [0.4, 0.5) is 5.69 Å². The lowest BCUT2D eigenvalue weighted by Crippen LogP contribution is -2.16. The van der Waals surface area contributed by atoms with Gasteiger partial charge in [0.15, 0.2) is 0 Å². The molecule has 5 rings (SSSR count). The number of nitrogens with zero attached hydrogens (tertiary/aromatic N) is 2. The number of halogens is 3. The number of nitrogens with one attached hydrogen (secondary N) is 1. The maximum absolute atomic E-state index is 12.7. The largest absolute Gasteiger partial charge is 0.772 e. The van der Waals surface area contributed by atoms with Crippen LogP contribution in [0.1, 0.15) is 47.6 Å². The first-order valence-corrected chi connectivity index (χ1v) is 14.0. The first-order valence-electron chi connectivity index (χ1n) is 11.7. The minimum Gasteiger partial charge on any atom is -0.772 e. The number of anilines is 1. The smallest absolute Gasteiger partial charge is 0.247 e. The van der Waals surface area contributed by atoms with E-state index in [0.29, 0.717) is 43.7 Å². The van der Waals surface area contributed by atoms with E-state index < -0.39 is 21.7 Å². The maximum Gasteiger partial charge on any atom is 0.247 e. The molecule has 2 unspecified atom stereocenters. The van der Waals surface area contributed by atoms with Gasteiger partial charge in [-0.3, -0.25) is 9.00 Å². The number of hydrogen-bond acceptors (Lipinski definition) is 6. The van der Waals surface area contributed by atoms with E-state index in [1.807, 2.05) is 0 Å². The fourth-order valence-electron chi connectivity index (χ4n) is 4.33. The second-order valence-electron chi connectivity index (χ2n) is 9.19. The van der Waals surface area contributed by atoms with E-state index in [4.69, 9.17) is 39.2 Å². The number of hydrogen-bond donors (Lipinski definition) is 1. The molecule has 2 atom stereocenters. The van der Waals surface area contributed by atoms with Gasteiger partial charge in [0.2, 0.25) is 17.7 Å². The second kappa shape index (κ2) is 10.8. The van der Waals surface area contributed by atoms with Crippen molar-refractivity contribution >= 4 is 57.5 Å². The molecule has 1 aliphatic carbocycles. The fraction of sp³-hybridized carbons (Fsp3) is 0.222. The molecule has 0 radical (unpaired) electrons. The molecule has 1 N–H and O–H groups in total. The van der Waals surface area contributed by atoms with E-state index in [0.717, 1.165) is 24.0 Å². The van der Waals surface area contributed by atoms with Gasteiger partial charge in [0.25, 0.3) is 0 Å². The normalized spacial score (nSPS) is 15.6. The average Bonchev–Trinajstić information content (AvgIpc) is 3.50. The molecule has 1 heterocycles. The number of benzene rings is 3. The first kappa shape index (κ1) is 26.8. The molecule has 0 aliphatic heterocycles. The Kier molecular flexibility index (Phi) is 7.62. The monoisotopic (exact) mass is 588 g/mol. The minimum atomic E-state index is -2.21. The molecule has 7 nitrogen and oxygen atoms in total. The highest BCUT2D eigenvalue weighted by atomic mass is 35.5. The van der Waals surface area contributed by atoms with E-state index in [-0.39, 0.29) is 12.3 Å². The van der Waals surface area contributed by atoms with E-state index >= 15 is 0 Å². The van der Waals surface area contributed by atoms with Gasteiger partial charge in [0.1, 0.15) is 0 Å². The van der Waals surface area contributed by atoms with Crippen molar-refractivity contribution in [2.24, 2.45) is 0 Å². The van der Waals surface area contributed by atoms with Gasteiger partial charge in [-0.2, -0.15) is 0 Å². The molecule has 38 heavy (non-hydrogen) atoms. The van der Waals surface area contributed by atoms with Crippen molar-refractivity contribution < 1.29 is 18.0 Å². The summed E-state index contributed by atoms with van der Waals surface area (Å²) in [7, 11) is 0. The van der Waals surface area contributed by atoms with Crippen molar-refractivity contribution in [2.75, 3.05) is 5.32 Å². The minimum absolute atomic E-state index is 0.103. The summed E-state index contributed by atoms with van der Waals surface area (Å²) in [5.41, 5.74) is 2.72. The Bertz CT molecular complexity index is 1500. The highest BCUT2D eigenvalue weighted by Gasteiger charge is 2.53. The number of carbonyl (C=O) groups excluding carboxylic acids is 1. The summed E-state index contributed by atoms with van der Waals surface area (Å²) in [6.07, 6.45) is 1.59. The Balaban J connectivity index is 1.31. The Morgan fingerprint density at radius 2 is 1.68 bits per heavy atom. The van der Waals surface area contributed by atoms with Crippen LogP contribution in [-0.2, 0) is 27.7 Å². The summed E-state index contributed by atoms with van der Waals surface area (Å²) in [6, 6.07) is 17.3. The van der Waals surface area contributed by atoms with Crippen LogP contribution in [0.2, 0.25) is 15.1 Å². The van der Waals surface area contributed by atoms with Crippen molar-refractivity contribution in [1.82, 2.24) is 10.2 Å². The van der Waals surface area contributed by atoms with E-state index in [2.05, 4.69) is 15.5 Å². The van der Waals surface area contributed by atoms with Crippen LogP contribution in [-0.4, -0.2) is 24.9 Å². The zero-order valence-electron chi connectivity index (χ0n) is 20.0. The van der Waals surface area contributed by atoms with Crippen molar-refractivity contribution in [3.8, 4) is 11.5 Å². The highest BCUT2D eigenvalue weighted by molar-refractivity contribution is 7.79. The molecule has 1 aliphatic rings. The average molecular weight is 590 g/mol. The molecule has 0 spiro atoms. The summed E-state index contributed by atoms with van der Waals surface area (Å²) < 4.78 is 28.3. The Morgan fingerprint density at radius 1 is 1.05 bits per heavy atom. The van der Waals surface area contributed by atoms with Crippen molar-refractivity contribution in [2.45, 2.75) is 36.9 Å². The van der Waals surface area contributed by atoms with Crippen LogP contribution < -0.4 is 5.32 Å². The van der Waals surface area contributed by atoms with Crippen LogP contribution in [0.5, 0.6) is 0 Å². The summed E-state index contributed by atoms with van der Waals surface area (Å²) in [5.74, 6) is 0.549. The molecule has 0 saturated heterocycles. The summed E-state index contributed by atoms with van der Waals surface area (Å²) in [6.45, 7) is 1.60. The third-order valence-corrected chi connectivity index (χ3v) is 8.28.